The minimum absolute atomic E-state index is 0.00756. The average Bonchev–Trinajstić information content (AvgIpc) is 2.47. The van der Waals surface area contributed by atoms with Gasteiger partial charge in [-0.25, -0.2) is 8.42 Å². The first-order valence-corrected chi connectivity index (χ1v) is 8.91. The molecule has 0 saturated carbocycles. The van der Waals surface area contributed by atoms with E-state index in [0.29, 0.717) is 16.4 Å². The molecule has 0 saturated heterocycles. The molecular formula is C15H12Cl2N2O3S. The lowest BCUT2D eigenvalue weighted by atomic mass is 10.1. The van der Waals surface area contributed by atoms with Crippen molar-refractivity contribution in [2.75, 3.05) is 9.62 Å². The molecule has 1 aliphatic rings. The Morgan fingerprint density at radius 3 is 2.52 bits per heavy atom. The number of carbonyl (C=O) groups excluding carboxylic acids is 1. The van der Waals surface area contributed by atoms with Crippen LogP contribution in [0.2, 0.25) is 10.0 Å². The van der Waals surface area contributed by atoms with E-state index in [1.54, 1.807) is 24.3 Å². The smallest absolute Gasteiger partial charge is 0.266 e. The third-order valence-corrected chi connectivity index (χ3v) is 6.16. The molecule has 2 aromatic carbocycles. The van der Waals surface area contributed by atoms with Crippen molar-refractivity contribution in [3.05, 3.63) is 52.5 Å². The summed E-state index contributed by atoms with van der Waals surface area (Å²) in [6.45, 7) is 1.52. The molecule has 0 radical (unpaired) electrons. The van der Waals surface area contributed by atoms with Gasteiger partial charge in [0.15, 0.2) is 0 Å². The second kappa shape index (κ2) is 5.70. The van der Waals surface area contributed by atoms with E-state index in [1.807, 2.05) is 0 Å². The minimum Gasteiger partial charge on any atom is -0.322 e. The topological polar surface area (TPSA) is 66.5 Å². The Morgan fingerprint density at radius 2 is 1.83 bits per heavy atom. The maximum Gasteiger partial charge on any atom is 0.266 e. The molecule has 0 aliphatic carbocycles. The number of sulfonamides is 1. The molecule has 1 amide bonds. The van der Waals surface area contributed by atoms with Gasteiger partial charge in [0.2, 0.25) is 5.91 Å². The molecule has 0 aromatic heterocycles. The highest BCUT2D eigenvalue weighted by Gasteiger charge is 2.39. The molecule has 1 atom stereocenters. The molecule has 2 aromatic rings. The number of nitrogens with one attached hydrogen (secondary N) is 1. The first kappa shape index (κ1) is 16.1. The number of hydrogen-bond acceptors (Lipinski definition) is 3. The van der Waals surface area contributed by atoms with E-state index in [4.69, 9.17) is 23.2 Å². The summed E-state index contributed by atoms with van der Waals surface area (Å²) < 4.78 is 27.2. The first-order valence-electron chi connectivity index (χ1n) is 6.72. The van der Waals surface area contributed by atoms with Crippen LogP contribution in [0.25, 0.3) is 0 Å². The number of hydrogen-bond donors (Lipinski definition) is 1. The van der Waals surface area contributed by atoms with Crippen LogP contribution in [0.1, 0.15) is 6.92 Å². The van der Waals surface area contributed by atoms with Gasteiger partial charge in [0.05, 0.1) is 16.4 Å². The van der Waals surface area contributed by atoms with Crippen LogP contribution in [0.3, 0.4) is 0 Å². The van der Waals surface area contributed by atoms with Crippen LogP contribution in [-0.2, 0) is 14.8 Å². The van der Waals surface area contributed by atoms with Crippen LogP contribution in [0.4, 0.5) is 11.4 Å². The van der Waals surface area contributed by atoms with E-state index in [2.05, 4.69) is 5.32 Å². The fourth-order valence-electron chi connectivity index (χ4n) is 2.45. The van der Waals surface area contributed by atoms with E-state index in [9.17, 15) is 13.2 Å². The third kappa shape index (κ3) is 2.67. The van der Waals surface area contributed by atoms with Crippen molar-refractivity contribution in [2.45, 2.75) is 17.9 Å². The molecule has 8 heteroatoms. The SMILES string of the molecule is CC1C(=O)Nc2ccccc2N1S(=O)(=O)c1ccc(Cl)cc1Cl. The zero-order valence-corrected chi connectivity index (χ0v) is 14.3. The second-order valence-corrected chi connectivity index (χ2v) is 7.68. The number of rotatable bonds is 2. The van der Waals surface area contributed by atoms with Crippen molar-refractivity contribution >= 4 is 50.5 Å². The molecule has 23 heavy (non-hydrogen) atoms. The summed E-state index contributed by atoms with van der Waals surface area (Å²) in [4.78, 5) is 12.0. The molecule has 1 unspecified atom stereocenters. The lowest BCUT2D eigenvalue weighted by molar-refractivity contribution is -0.117. The fourth-order valence-corrected chi connectivity index (χ4v) is 4.84. The van der Waals surface area contributed by atoms with Crippen molar-refractivity contribution in [3.63, 3.8) is 0 Å². The average molecular weight is 371 g/mol. The van der Waals surface area contributed by atoms with Gasteiger partial charge in [-0.2, -0.15) is 0 Å². The van der Waals surface area contributed by atoms with Crippen molar-refractivity contribution in [1.82, 2.24) is 0 Å². The van der Waals surface area contributed by atoms with E-state index < -0.39 is 22.0 Å². The highest BCUT2D eigenvalue weighted by atomic mass is 35.5. The zero-order chi connectivity index (χ0) is 16.8. The van der Waals surface area contributed by atoms with Crippen LogP contribution in [-0.4, -0.2) is 20.4 Å². The number of halogens is 2. The summed E-state index contributed by atoms with van der Waals surface area (Å²) in [6.07, 6.45) is 0. The number of nitrogens with zero attached hydrogens (tertiary/aromatic N) is 1. The van der Waals surface area contributed by atoms with Gasteiger partial charge < -0.3 is 5.32 Å². The molecule has 5 nitrogen and oxygen atoms in total. The Bertz CT molecular complexity index is 899. The number of anilines is 2. The highest BCUT2D eigenvalue weighted by molar-refractivity contribution is 7.93. The standard InChI is InChI=1S/C15H12Cl2N2O3S/c1-9-15(20)18-12-4-2-3-5-13(12)19(9)23(21,22)14-7-6-10(16)8-11(14)17/h2-9H,1H3,(H,18,20). The first-order chi connectivity index (χ1) is 10.8. The molecule has 3 rings (SSSR count). The summed E-state index contributed by atoms with van der Waals surface area (Å²) in [6, 6.07) is 9.93. The molecule has 0 bridgehead atoms. The minimum atomic E-state index is -4.02. The largest absolute Gasteiger partial charge is 0.322 e. The highest BCUT2D eigenvalue weighted by Crippen LogP contribution is 2.38. The summed E-state index contributed by atoms with van der Waals surface area (Å²) in [5.41, 5.74) is 0.829. The Morgan fingerprint density at radius 1 is 1.13 bits per heavy atom. The van der Waals surface area contributed by atoms with Gasteiger partial charge in [-0.15, -0.1) is 0 Å². The Hall–Kier alpha value is -1.76. The van der Waals surface area contributed by atoms with Crippen molar-refractivity contribution in [3.8, 4) is 0 Å². The van der Waals surface area contributed by atoms with Gasteiger partial charge in [-0.05, 0) is 37.3 Å². The van der Waals surface area contributed by atoms with Crippen molar-refractivity contribution < 1.29 is 13.2 Å². The lowest BCUT2D eigenvalue weighted by Crippen LogP contribution is -2.49. The predicted octanol–water partition coefficient (Wildman–Crippen LogP) is 3.53. The Balaban J connectivity index is 2.21. The normalized spacial score (nSPS) is 17.6. The summed E-state index contributed by atoms with van der Waals surface area (Å²) in [5, 5.41) is 3.03. The number of amides is 1. The zero-order valence-electron chi connectivity index (χ0n) is 12.0. The van der Waals surface area contributed by atoms with Gasteiger partial charge >= 0.3 is 0 Å². The number of fused-ring (bicyclic) bond motifs is 1. The van der Waals surface area contributed by atoms with Crippen LogP contribution in [0.5, 0.6) is 0 Å². The van der Waals surface area contributed by atoms with Gasteiger partial charge in [0.25, 0.3) is 10.0 Å². The predicted molar refractivity (Wildman–Crippen MR) is 90.7 cm³/mol. The molecule has 120 valence electrons. The summed E-state index contributed by atoms with van der Waals surface area (Å²) in [7, 11) is -4.02. The Kier molecular flexibility index (Phi) is 4.00. The van der Waals surface area contributed by atoms with Crippen LogP contribution < -0.4 is 9.62 Å². The molecule has 1 heterocycles. The lowest BCUT2D eigenvalue weighted by Gasteiger charge is -2.35. The van der Waals surface area contributed by atoms with Gasteiger partial charge in [0, 0.05) is 5.02 Å². The molecule has 1 aliphatic heterocycles. The van der Waals surface area contributed by atoms with Crippen molar-refractivity contribution in [1.29, 1.82) is 0 Å². The van der Waals surface area contributed by atoms with Gasteiger partial charge in [-0.1, -0.05) is 35.3 Å². The van der Waals surface area contributed by atoms with Crippen LogP contribution in [0, 0.1) is 0 Å². The number of carbonyl (C=O) groups is 1. The van der Waals surface area contributed by atoms with Gasteiger partial charge in [-0.3, -0.25) is 9.10 Å². The van der Waals surface area contributed by atoms with E-state index in [0.717, 1.165) is 4.31 Å². The fraction of sp³-hybridized carbons (Fsp3) is 0.133. The maximum atomic E-state index is 13.1. The maximum absolute atomic E-state index is 13.1. The molecular weight excluding hydrogens is 359 g/mol. The molecule has 1 N–H and O–H groups in total. The molecule has 0 spiro atoms. The quantitative estimate of drug-likeness (QED) is 0.878. The van der Waals surface area contributed by atoms with E-state index in [-0.39, 0.29) is 9.92 Å². The van der Waals surface area contributed by atoms with Crippen LogP contribution >= 0.6 is 23.2 Å². The Labute approximate surface area is 143 Å². The summed E-state index contributed by atoms with van der Waals surface area (Å²) in [5.74, 6) is -0.405. The molecule has 0 fully saturated rings. The number of benzene rings is 2. The van der Waals surface area contributed by atoms with Crippen LogP contribution in [0.15, 0.2) is 47.4 Å². The number of para-hydroxylation sites is 2. The van der Waals surface area contributed by atoms with E-state index >= 15 is 0 Å². The summed E-state index contributed by atoms with van der Waals surface area (Å²) >= 11 is 11.9. The second-order valence-electron chi connectivity index (χ2n) is 5.06. The van der Waals surface area contributed by atoms with Crippen molar-refractivity contribution in [2.24, 2.45) is 0 Å². The third-order valence-electron chi connectivity index (χ3n) is 3.56. The van der Waals surface area contributed by atoms with Gasteiger partial charge in [0.1, 0.15) is 10.9 Å². The van der Waals surface area contributed by atoms with E-state index in [1.165, 1.54) is 25.1 Å². The monoisotopic (exact) mass is 370 g/mol.